The van der Waals surface area contributed by atoms with Crippen LogP contribution in [0.3, 0.4) is 0 Å². The molecule has 0 bridgehead atoms. The fourth-order valence-electron chi connectivity index (χ4n) is 2.68. The van der Waals surface area contributed by atoms with Gasteiger partial charge >= 0.3 is 6.18 Å². The summed E-state index contributed by atoms with van der Waals surface area (Å²) < 4.78 is 38.9. The topological polar surface area (TPSA) is 52.6 Å². The molecule has 0 spiro atoms. The van der Waals surface area contributed by atoms with Crippen molar-refractivity contribution in [1.82, 2.24) is 5.48 Å². The van der Waals surface area contributed by atoms with Gasteiger partial charge in [0.2, 0.25) is 0 Å². The molecule has 0 aromatic heterocycles. The number of alkyl halides is 3. The van der Waals surface area contributed by atoms with Crippen LogP contribution in [0.4, 0.5) is 18.9 Å². The molecule has 0 aliphatic heterocycles. The van der Waals surface area contributed by atoms with E-state index in [1.54, 1.807) is 24.3 Å². The van der Waals surface area contributed by atoms with Gasteiger partial charge in [0.15, 0.2) is 0 Å². The number of hydrogen-bond acceptors (Lipinski definition) is 3. The summed E-state index contributed by atoms with van der Waals surface area (Å²) in [5, 5.41) is 8.61. The molecule has 0 saturated heterocycles. The minimum atomic E-state index is -4.39. The monoisotopic (exact) mass is 378 g/mol. The van der Waals surface area contributed by atoms with E-state index in [4.69, 9.17) is 5.21 Å². The Balaban J connectivity index is 2.37. The summed E-state index contributed by atoms with van der Waals surface area (Å²) >= 11 is 0. The van der Waals surface area contributed by atoms with Crippen LogP contribution < -0.4 is 10.4 Å². The fourth-order valence-corrected chi connectivity index (χ4v) is 2.68. The summed E-state index contributed by atoms with van der Waals surface area (Å²) in [6.45, 7) is 4.15. The van der Waals surface area contributed by atoms with Crippen LogP contribution in [0.1, 0.15) is 30.5 Å². The number of benzene rings is 2. The van der Waals surface area contributed by atoms with Crippen LogP contribution in [0.25, 0.3) is 6.08 Å². The largest absolute Gasteiger partial charge is 0.416 e. The average molecular weight is 378 g/mol. The zero-order valence-corrected chi connectivity index (χ0v) is 15.0. The van der Waals surface area contributed by atoms with Gasteiger partial charge in [-0.25, -0.2) is 5.48 Å². The maximum absolute atomic E-state index is 13.0. The molecular weight excluding hydrogens is 357 g/mol. The van der Waals surface area contributed by atoms with Crippen molar-refractivity contribution in [2.45, 2.75) is 32.6 Å². The molecule has 2 rings (SSSR count). The summed E-state index contributed by atoms with van der Waals surface area (Å²) in [6.07, 6.45) is -1.67. The first-order chi connectivity index (χ1) is 12.7. The highest BCUT2D eigenvalue weighted by atomic mass is 19.4. The SMILES string of the molecule is CC(C)N(Cc1cccc(C(F)(F)F)c1)c1ccccc1C=CC(=O)NO. The third-order valence-electron chi connectivity index (χ3n) is 4.00. The molecule has 7 heteroatoms. The van der Waals surface area contributed by atoms with Gasteiger partial charge < -0.3 is 4.90 Å². The number of anilines is 1. The summed E-state index contributed by atoms with van der Waals surface area (Å²) in [6, 6.07) is 12.5. The van der Waals surface area contributed by atoms with Crippen molar-refractivity contribution in [3.05, 3.63) is 71.3 Å². The number of nitrogens with zero attached hydrogens (tertiary/aromatic N) is 1. The van der Waals surface area contributed by atoms with Crippen LogP contribution in [0, 0.1) is 0 Å². The minimum absolute atomic E-state index is 0.000705. The highest BCUT2D eigenvalue weighted by molar-refractivity contribution is 5.91. The Kier molecular flexibility index (Phi) is 6.63. The number of carbonyl (C=O) groups is 1. The second-order valence-corrected chi connectivity index (χ2v) is 6.29. The molecule has 2 N–H and O–H groups in total. The zero-order chi connectivity index (χ0) is 20.0. The van der Waals surface area contributed by atoms with Gasteiger partial charge in [-0.15, -0.1) is 0 Å². The lowest BCUT2D eigenvalue weighted by atomic mass is 10.1. The molecule has 2 aromatic rings. The Morgan fingerprint density at radius 1 is 1.19 bits per heavy atom. The molecule has 0 radical (unpaired) electrons. The minimum Gasteiger partial charge on any atom is -0.364 e. The lowest BCUT2D eigenvalue weighted by Gasteiger charge is -2.31. The van der Waals surface area contributed by atoms with Crippen LogP contribution >= 0.6 is 0 Å². The Morgan fingerprint density at radius 2 is 1.89 bits per heavy atom. The predicted octanol–water partition coefficient (Wildman–Crippen LogP) is 4.64. The van der Waals surface area contributed by atoms with Crippen LogP contribution in [0.5, 0.6) is 0 Å². The maximum Gasteiger partial charge on any atom is 0.416 e. The van der Waals surface area contributed by atoms with Crippen molar-refractivity contribution in [2.75, 3.05) is 4.90 Å². The smallest absolute Gasteiger partial charge is 0.364 e. The van der Waals surface area contributed by atoms with Gasteiger partial charge in [-0.3, -0.25) is 10.0 Å². The molecule has 0 aliphatic carbocycles. The van der Waals surface area contributed by atoms with Crippen molar-refractivity contribution < 1.29 is 23.2 Å². The summed E-state index contributed by atoms with van der Waals surface area (Å²) in [5.41, 5.74) is 2.85. The molecule has 144 valence electrons. The number of hydrogen-bond donors (Lipinski definition) is 2. The number of nitrogens with one attached hydrogen (secondary N) is 1. The molecule has 27 heavy (non-hydrogen) atoms. The van der Waals surface area contributed by atoms with Crippen molar-refractivity contribution in [3.8, 4) is 0 Å². The molecule has 0 unspecified atom stereocenters. The average Bonchev–Trinajstić information content (AvgIpc) is 2.64. The number of carbonyl (C=O) groups excluding carboxylic acids is 1. The molecule has 0 heterocycles. The molecule has 1 amide bonds. The van der Waals surface area contributed by atoms with E-state index in [9.17, 15) is 18.0 Å². The fraction of sp³-hybridized carbons (Fsp3) is 0.250. The molecule has 4 nitrogen and oxygen atoms in total. The van der Waals surface area contributed by atoms with Gasteiger partial charge in [-0.05, 0) is 49.2 Å². The summed E-state index contributed by atoms with van der Waals surface area (Å²) in [7, 11) is 0. The number of para-hydroxylation sites is 1. The van der Waals surface area contributed by atoms with Crippen LogP contribution in [0.2, 0.25) is 0 Å². The second-order valence-electron chi connectivity index (χ2n) is 6.29. The van der Waals surface area contributed by atoms with Crippen molar-refractivity contribution in [2.24, 2.45) is 0 Å². The highest BCUT2D eigenvalue weighted by Crippen LogP contribution is 2.31. The van der Waals surface area contributed by atoms with E-state index in [2.05, 4.69) is 0 Å². The first-order valence-electron chi connectivity index (χ1n) is 8.36. The number of hydroxylamine groups is 1. The Bertz CT molecular complexity index is 817. The lowest BCUT2D eigenvalue weighted by Crippen LogP contribution is -2.30. The number of rotatable bonds is 6. The van der Waals surface area contributed by atoms with Gasteiger partial charge in [0, 0.05) is 24.4 Å². The van der Waals surface area contributed by atoms with Crippen molar-refractivity contribution in [3.63, 3.8) is 0 Å². The van der Waals surface area contributed by atoms with E-state index in [0.717, 1.165) is 17.8 Å². The Hall–Kier alpha value is -2.80. The predicted molar refractivity (Wildman–Crippen MR) is 98.2 cm³/mol. The van der Waals surface area contributed by atoms with Gasteiger partial charge in [0.1, 0.15) is 0 Å². The lowest BCUT2D eigenvalue weighted by molar-refractivity contribution is -0.137. The van der Waals surface area contributed by atoms with Gasteiger partial charge in [0.05, 0.1) is 5.56 Å². The molecular formula is C20H21F3N2O2. The normalized spacial score (nSPS) is 11.8. The van der Waals surface area contributed by atoms with Crippen molar-refractivity contribution >= 4 is 17.7 Å². The van der Waals surface area contributed by atoms with E-state index in [-0.39, 0.29) is 12.6 Å². The number of halogens is 3. The van der Waals surface area contributed by atoms with E-state index in [1.165, 1.54) is 17.6 Å². The maximum atomic E-state index is 13.0. The van der Waals surface area contributed by atoms with Gasteiger partial charge in [-0.2, -0.15) is 13.2 Å². The summed E-state index contributed by atoms with van der Waals surface area (Å²) in [4.78, 5) is 13.2. The molecule has 0 fully saturated rings. The standard InChI is InChI=1S/C20H21F3N2O2/c1-14(2)25(13-15-6-5-8-17(12-15)20(21,22)23)18-9-4-3-7-16(18)10-11-19(26)24-27/h3-12,14,27H,13H2,1-2H3,(H,24,26). The third kappa shape index (κ3) is 5.59. The molecule has 2 aromatic carbocycles. The first kappa shape index (κ1) is 20.5. The second kappa shape index (κ2) is 8.73. The Morgan fingerprint density at radius 3 is 2.52 bits per heavy atom. The van der Waals surface area contributed by atoms with E-state index < -0.39 is 17.6 Å². The van der Waals surface area contributed by atoms with Crippen LogP contribution in [-0.2, 0) is 17.5 Å². The number of amides is 1. The first-order valence-corrected chi connectivity index (χ1v) is 8.36. The van der Waals surface area contributed by atoms with E-state index in [1.807, 2.05) is 30.9 Å². The van der Waals surface area contributed by atoms with Gasteiger partial charge in [-0.1, -0.05) is 30.3 Å². The van der Waals surface area contributed by atoms with Gasteiger partial charge in [0.25, 0.3) is 5.91 Å². The van der Waals surface area contributed by atoms with Crippen LogP contribution in [0.15, 0.2) is 54.6 Å². The zero-order valence-electron chi connectivity index (χ0n) is 15.0. The van der Waals surface area contributed by atoms with Crippen molar-refractivity contribution in [1.29, 1.82) is 0 Å². The van der Waals surface area contributed by atoms with E-state index in [0.29, 0.717) is 11.1 Å². The molecule has 0 atom stereocenters. The third-order valence-corrected chi connectivity index (χ3v) is 4.00. The molecule has 0 aliphatic rings. The van der Waals surface area contributed by atoms with E-state index >= 15 is 0 Å². The quantitative estimate of drug-likeness (QED) is 0.437. The summed E-state index contributed by atoms with van der Waals surface area (Å²) in [5.74, 6) is -0.668. The van der Waals surface area contributed by atoms with Crippen LogP contribution in [-0.4, -0.2) is 17.2 Å². The highest BCUT2D eigenvalue weighted by Gasteiger charge is 2.30. The molecule has 0 saturated carbocycles. The Labute approximate surface area is 155 Å².